The van der Waals surface area contributed by atoms with Gasteiger partial charge in [-0.1, -0.05) is 22.8 Å². The van der Waals surface area contributed by atoms with Crippen LogP contribution in [0.25, 0.3) is 0 Å². The fraction of sp³-hybridized carbons (Fsp3) is 0.429. The van der Waals surface area contributed by atoms with Crippen LogP contribution in [0, 0.1) is 12.7 Å². The summed E-state index contributed by atoms with van der Waals surface area (Å²) in [6.07, 6.45) is -0.555. The Bertz CT molecular complexity index is 1030. The first-order chi connectivity index (χ1) is 15.4. The van der Waals surface area contributed by atoms with Crippen LogP contribution < -0.4 is 5.32 Å². The maximum Gasteiger partial charge on any atom is 0.270 e. The fourth-order valence-electron chi connectivity index (χ4n) is 3.38. The molecule has 1 aromatic heterocycles. The number of amides is 1. The first-order valence-electron chi connectivity index (χ1n) is 10.1. The molecule has 2 aromatic rings. The Morgan fingerprint density at radius 3 is 2.81 bits per heavy atom. The second-order valence-corrected chi connectivity index (χ2v) is 7.92. The number of nitrogens with one attached hydrogen (secondary N) is 1. The second kappa shape index (κ2) is 9.86. The molecule has 0 radical (unpaired) electrons. The van der Waals surface area contributed by atoms with Crippen molar-refractivity contribution in [1.82, 2.24) is 15.3 Å². The third-order valence-corrected chi connectivity index (χ3v) is 5.40. The molecule has 1 amide bonds. The first-order valence-corrected chi connectivity index (χ1v) is 10.5. The summed E-state index contributed by atoms with van der Waals surface area (Å²) in [6, 6.07) is 5.79. The molecular formula is C21H22ClFN4O5. The summed E-state index contributed by atoms with van der Waals surface area (Å²) in [7, 11) is 0. The van der Waals surface area contributed by atoms with E-state index in [2.05, 4.69) is 20.4 Å². The highest BCUT2D eigenvalue weighted by atomic mass is 35.5. The Morgan fingerprint density at radius 1 is 1.25 bits per heavy atom. The molecule has 0 bridgehead atoms. The van der Waals surface area contributed by atoms with Gasteiger partial charge in [0.1, 0.15) is 35.3 Å². The maximum absolute atomic E-state index is 13.3. The van der Waals surface area contributed by atoms with Crippen molar-refractivity contribution in [3.8, 4) is 0 Å². The van der Waals surface area contributed by atoms with Crippen molar-refractivity contribution in [2.24, 2.45) is 5.16 Å². The molecule has 170 valence electrons. The summed E-state index contributed by atoms with van der Waals surface area (Å²) in [6.45, 7) is 2.33. The zero-order valence-corrected chi connectivity index (χ0v) is 18.0. The monoisotopic (exact) mass is 464 g/mol. The van der Waals surface area contributed by atoms with Crippen molar-refractivity contribution in [2.75, 3.05) is 19.8 Å². The lowest BCUT2D eigenvalue weighted by atomic mass is 10.0. The summed E-state index contributed by atoms with van der Waals surface area (Å²) < 4.78 is 24.5. The zero-order chi connectivity index (χ0) is 22.7. The normalized spacial score (nSPS) is 22.9. The summed E-state index contributed by atoms with van der Waals surface area (Å²) in [5.74, 6) is -0.520. The smallest absolute Gasteiger partial charge is 0.270 e. The van der Waals surface area contributed by atoms with E-state index >= 15 is 0 Å². The van der Waals surface area contributed by atoms with Gasteiger partial charge in [-0.2, -0.15) is 0 Å². The summed E-state index contributed by atoms with van der Waals surface area (Å²) >= 11 is 5.78. The number of aryl methyl sites for hydroxylation is 1. The molecule has 11 heteroatoms. The Balaban J connectivity index is 1.39. The number of hydrogen-bond acceptors (Lipinski definition) is 8. The molecule has 32 heavy (non-hydrogen) atoms. The lowest BCUT2D eigenvalue weighted by molar-refractivity contribution is -0.178. The van der Waals surface area contributed by atoms with Gasteiger partial charge in [0.2, 0.25) is 0 Å². The number of aliphatic hydroxyl groups excluding tert-OH is 1. The van der Waals surface area contributed by atoms with Crippen LogP contribution in [0.4, 0.5) is 4.39 Å². The maximum atomic E-state index is 13.3. The molecule has 2 N–H and O–H groups in total. The highest BCUT2D eigenvalue weighted by Gasteiger charge is 2.35. The van der Waals surface area contributed by atoms with E-state index in [-0.39, 0.29) is 48.8 Å². The molecule has 4 rings (SSSR count). The Hall–Kier alpha value is -2.66. The fourth-order valence-corrected chi connectivity index (χ4v) is 3.58. The van der Waals surface area contributed by atoms with Crippen molar-refractivity contribution < 1.29 is 28.6 Å². The minimum atomic E-state index is -0.519. The Labute approximate surface area is 188 Å². The van der Waals surface area contributed by atoms with Crippen molar-refractivity contribution in [2.45, 2.75) is 38.2 Å². The number of aliphatic hydroxyl groups is 1. The van der Waals surface area contributed by atoms with E-state index in [1.165, 1.54) is 12.1 Å². The average Bonchev–Trinajstić information content (AvgIpc) is 3.30. The predicted octanol–water partition coefficient (Wildman–Crippen LogP) is 1.78. The summed E-state index contributed by atoms with van der Waals surface area (Å²) in [5, 5.41) is 16.0. The third-order valence-electron chi connectivity index (χ3n) is 5.11. The Morgan fingerprint density at radius 2 is 2.09 bits per heavy atom. The van der Waals surface area contributed by atoms with Crippen molar-refractivity contribution in [1.29, 1.82) is 0 Å². The lowest BCUT2D eigenvalue weighted by Crippen LogP contribution is -2.43. The van der Waals surface area contributed by atoms with Gasteiger partial charge >= 0.3 is 0 Å². The molecule has 2 aliphatic heterocycles. The third kappa shape index (κ3) is 5.21. The van der Waals surface area contributed by atoms with E-state index in [0.29, 0.717) is 35.8 Å². The molecule has 1 saturated heterocycles. The van der Waals surface area contributed by atoms with Crippen LogP contribution in [-0.2, 0) is 20.9 Å². The SMILES string of the molecule is Cc1nc(C(=O)NCc2ccc(F)c(Cl)c2)cc(C2=NO[C@@H]([C@@H]3CO[C@@H](CO)CO3)C2)n1. The van der Waals surface area contributed by atoms with E-state index in [1.54, 1.807) is 19.1 Å². The molecule has 0 aliphatic carbocycles. The number of benzene rings is 1. The summed E-state index contributed by atoms with van der Waals surface area (Å²) in [4.78, 5) is 26.7. The molecule has 1 fully saturated rings. The van der Waals surface area contributed by atoms with Gasteiger partial charge in [-0.25, -0.2) is 14.4 Å². The van der Waals surface area contributed by atoms with Crippen molar-refractivity contribution in [3.05, 3.63) is 57.9 Å². The van der Waals surface area contributed by atoms with Crippen LogP contribution in [0.15, 0.2) is 29.4 Å². The quantitative estimate of drug-likeness (QED) is 0.669. The first kappa shape index (κ1) is 22.5. The minimum absolute atomic E-state index is 0.00931. The van der Waals surface area contributed by atoms with Gasteiger partial charge in [0.25, 0.3) is 5.91 Å². The van der Waals surface area contributed by atoms with Gasteiger partial charge in [-0.05, 0) is 30.7 Å². The number of halogens is 2. The van der Waals surface area contributed by atoms with Crippen LogP contribution in [0.5, 0.6) is 0 Å². The van der Waals surface area contributed by atoms with E-state index in [4.69, 9.17) is 31.0 Å². The van der Waals surface area contributed by atoms with Gasteiger partial charge in [0.05, 0.1) is 30.5 Å². The molecule has 0 spiro atoms. The van der Waals surface area contributed by atoms with E-state index in [9.17, 15) is 9.18 Å². The van der Waals surface area contributed by atoms with Crippen LogP contribution in [-0.4, -0.2) is 64.8 Å². The van der Waals surface area contributed by atoms with Crippen LogP contribution in [0.2, 0.25) is 5.02 Å². The van der Waals surface area contributed by atoms with Gasteiger partial charge < -0.3 is 24.7 Å². The second-order valence-electron chi connectivity index (χ2n) is 7.51. The molecule has 2 aliphatic rings. The van der Waals surface area contributed by atoms with Gasteiger partial charge in [0.15, 0.2) is 6.10 Å². The van der Waals surface area contributed by atoms with Crippen molar-refractivity contribution >= 4 is 23.2 Å². The van der Waals surface area contributed by atoms with Crippen LogP contribution in [0.1, 0.15) is 34.0 Å². The van der Waals surface area contributed by atoms with Crippen LogP contribution >= 0.6 is 11.6 Å². The number of ether oxygens (including phenoxy) is 2. The number of oxime groups is 1. The average molecular weight is 465 g/mol. The Kier molecular flexibility index (Phi) is 6.95. The van der Waals surface area contributed by atoms with E-state index < -0.39 is 11.7 Å². The van der Waals surface area contributed by atoms with Crippen molar-refractivity contribution in [3.63, 3.8) is 0 Å². The highest BCUT2D eigenvalue weighted by molar-refractivity contribution is 6.30. The molecular weight excluding hydrogens is 443 g/mol. The number of hydrogen-bond donors (Lipinski definition) is 2. The lowest BCUT2D eigenvalue weighted by Gasteiger charge is -2.30. The topological polar surface area (TPSA) is 115 Å². The number of nitrogens with zero attached hydrogens (tertiary/aromatic N) is 3. The van der Waals surface area contributed by atoms with E-state index in [1.807, 2.05) is 0 Å². The number of rotatable bonds is 6. The number of carbonyl (C=O) groups excluding carboxylic acids is 1. The molecule has 3 atom stereocenters. The molecule has 3 heterocycles. The largest absolute Gasteiger partial charge is 0.394 e. The van der Waals surface area contributed by atoms with E-state index in [0.717, 1.165) is 0 Å². The van der Waals surface area contributed by atoms with Gasteiger partial charge in [0, 0.05) is 13.0 Å². The van der Waals surface area contributed by atoms with Crippen LogP contribution in [0.3, 0.4) is 0 Å². The molecule has 0 unspecified atom stereocenters. The summed E-state index contributed by atoms with van der Waals surface area (Å²) in [5.41, 5.74) is 1.90. The molecule has 9 nitrogen and oxygen atoms in total. The standard InChI is InChI=1S/C21H22ClFN4O5/c1-11-25-16(17-6-19(32-27-17)20-10-30-13(8-28)9-31-20)5-18(26-11)21(29)24-7-12-2-3-15(23)14(22)4-12/h2-5,13,19-20,28H,6-10H2,1H3,(H,24,29)/t13-,19+,20-/m0/s1. The van der Waals surface area contributed by atoms with Gasteiger partial charge in [-0.15, -0.1) is 0 Å². The molecule has 1 aromatic carbocycles. The number of aromatic nitrogens is 2. The number of carbonyl (C=O) groups is 1. The predicted molar refractivity (Wildman–Crippen MR) is 112 cm³/mol. The highest BCUT2D eigenvalue weighted by Crippen LogP contribution is 2.23. The molecule has 0 saturated carbocycles. The van der Waals surface area contributed by atoms with Gasteiger partial charge in [-0.3, -0.25) is 4.79 Å². The minimum Gasteiger partial charge on any atom is -0.394 e. The zero-order valence-electron chi connectivity index (χ0n) is 17.3.